The van der Waals surface area contributed by atoms with Crippen molar-refractivity contribution < 1.29 is 22.7 Å². The molecule has 0 bridgehead atoms. The first-order chi connectivity index (χ1) is 9.74. The standard InChI is InChI=1S/C13H16N2O5S/c1-7(16)12-11(13(17)14-2)10-8(15-21(3,18)19)5-4-6-9(10)20-12/h4-7,15-16H,1-3H3,(H,14,17). The SMILES string of the molecule is CNC(=O)c1c(C(C)O)oc2cccc(NS(C)(=O)=O)c12. The molecule has 0 saturated carbocycles. The Bertz CT molecular complexity index is 792. The van der Waals surface area contributed by atoms with E-state index in [1.807, 2.05) is 0 Å². The van der Waals surface area contributed by atoms with Crippen molar-refractivity contribution in [1.82, 2.24) is 5.32 Å². The molecule has 21 heavy (non-hydrogen) atoms. The van der Waals surface area contributed by atoms with Crippen LogP contribution in [0.3, 0.4) is 0 Å². The minimum atomic E-state index is -3.51. The van der Waals surface area contributed by atoms with Gasteiger partial charge in [-0.1, -0.05) is 6.07 Å². The second kappa shape index (κ2) is 5.38. The number of amides is 1. The number of hydrogen-bond donors (Lipinski definition) is 3. The first-order valence-corrected chi connectivity index (χ1v) is 8.07. The minimum absolute atomic E-state index is 0.0899. The van der Waals surface area contributed by atoms with Crippen molar-refractivity contribution >= 4 is 32.6 Å². The zero-order valence-corrected chi connectivity index (χ0v) is 12.6. The van der Waals surface area contributed by atoms with E-state index in [1.54, 1.807) is 12.1 Å². The van der Waals surface area contributed by atoms with E-state index >= 15 is 0 Å². The molecule has 1 unspecified atom stereocenters. The number of aliphatic hydroxyl groups excluding tert-OH is 1. The molecule has 1 aromatic carbocycles. The second-order valence-electron chi connectivity index (χ2n) is 4.65. The van der Waals surface area contributed by atoms with E-state index in [4.69, 9.17) is 4.42 Å². The highest BCUT2D eigenvalue weighted by Gasteiger charge is 2.25. The quantitative estimate of drug-likeness (QED) is 0.786. The summed E-state index contributed by atoms with van der Waals surface area (Å²) in [7, 11) is -2.07. The summed E-state index contributed by atoms with van der Waals surface area (Å²) < 4.78 is 30.7. The largest absolute Gasteiger partial charge is 0.457 e. The third kappa shape index (κ3) is 3.01. The molecule has 0 radical (unpaired) electrons. The highest BCUT2D eigenvalue weighted by atomic mass is 32.2. The fourth-order valence-corrected chi connectivity index (χ4v) is 2.67. The summed E-state index contributed by atoms with van der Waals surface area (Å²) in [6.45, 7) is 1.47. The molecule has 2 aromatic rings. The van der Waals surface area contributed by atoms with E-state index in [0.29, 0.717) is 11.0 Å². The molecule has 1 atom stereocenters. The lowest BCUT2D eigenvalue weighted by atomic mass is 10.1. The van der Waals surface area contributed by atoms with Crippen molar-refractivity contribution in [2.45, 2.75) is 13.0 Å². The van der Waals surface area contributed by atoms with Gasteiger partial charge in [-0.05, 0) is 19.1 Å². The van der Waals surface area contributed by atoms with Gasteiger partial charge in [-0.2, -0.15) is 0 Å². The van der Waals surface area contributed by atoms with Gasteiger partial charge in [0.15, 0.2) is 0 Å². The average Bonchev–Trinajstić information content (AvgIpc) is 2.76. The molecule has 8 heteroatoms. The topological polar surface area (TPSA) is 109 Å². The van der Waals surface area contributed by atoms with E-state index in [0.717, 1.165) is 6.26 Å². The van der Waals surface area contributed by atoms with Gasteiger partial charge in [0, 0.05) is 7.05 Å². The fourth-order valence-electron chi connectivity index (χ4n) is 2.10. The molecule has 0 saturated heterocycles. The van der Waals surface area contributed by atoms with Gasteiger partial charge in [0.1, 0.15) is 17.4 Å². The van der Waals surface area contributed by atoms with Gasteiger partial charge in [0.05, 0.1) is 22.9 Å². The van der Waals surface area contributed by atoms with Crippen molar-refractivity contribution in [2.75, 3.05) is 18.0 Å². The van der Waals surface area contributed by atoms with Crippen molar-refractivity contribution in [3.63, 3.8) is 0 Å². The number of furan rings is 1. The number of aliphatic hydroxyl groups is 1. The van der Waals surface area contributed by atoms with Gasteiger partial charge in [0.25, 0.3) is 5.91 Å². The molecule has 0 aliphatic rings. The summed E-state index contributed by atoms with van der Waals surface area (Å²) in [5.74, 6) is -0.375. The maximum Gasteiger partial charge on any atom is 0.255 e. The zero-order chi connectivity index (χ0) is 15.8. The van der Waals surface area contributed by atoms with Gasteiger partial charge in [0.2, 0.25) is 10.0 Å². The Labute approximate surface area is 122 Å². The van der Waals surface area contributed by atoms with E-state index in [1.165, 1.54) is 20.0 Å². The lowest BCUT2D eigenvalue weighted by Gasteiger charge is -2.07. The van der Waals surface area contributed by atoms with Crippen molar-refractivity contribution in [1.29, 1.82) is 0 Å². The van der Waals surface area contributed by atoms with Crippen molar-refractivity contribution in [3.8, 4) is 0 Å². The van der Waals surface area contributed by atoms with Crippen LogP contribution in [-0.2, 0) is 10.0 Å². The van der Waals surface area contributed by atoms with Crippen LogP contribution in [0.2, 0.25) is 0 Å². The zero-order valence-electron chi connectivity index (χ0n) is 11.8. The Morgan fingerprint density at radius 1 is 1.38 bits per heavy atom. The van der Waals surface area contributed by atoms with Crippen LogP contribution in [0.4, 0.5) is 5.69 Å². The van der Waals surface area contributed by atoms with Crippen molar-refractivity contribution in [3.05, 3.63) is 29.5 Å². The molecule has 0 spiro atoms. The van der Waals surface area contributed by atoms with Crippen LogP contribution in [0, 0.1) is 0 Å². The Morgan fingerprint density at radius 3 is 2.57 bits per heavy atom. The number of hydrogen-bond acceptors (Lipinski definition) is 5. The third-order valence-electron chi connectivity index (χ3n) is 2.87. The number of carbonyl (C=O) groups is 1. The van der Waals surface area contributed by atoms with E-state index < -0.39 is 22.0 Å². The predicted octanol–water partition coefficient (Wildman–Crippen LogP) is 1.22. The van der Waals surface area contributed by atoms with Crippen LogP contribution in [0.5, 0.6) is 0 Å². The number of benzene rings is 1. The van der Waals surface area contributed by atoms with E-state index in [-0.39, 0.29) is 17.0 Å². The number of anilines is 1. The molecule has 3 N–H and O–H groups in total. The molecular formula is C13H16N2O5S. The molecule has 0 fully saturated rings. The van der Waals surface area contributed by atoms with E-state index in [2.05, 4.69) is 10.0 Å². The molecular weight excluding hydrogens is 296 g/mol. The lowest BCUT2D eigenvalue weighted by Crippen LogP contribution is -2.20. The summed E-state index contributed by atoms with van der Waals surface area (Å²) in [6.07, 6.45) is 0.0110. The number of sulfonamides is 1. The number of nitrogens with one attached hydrogen (secondary N) is 2. The number of rotatable bonds is 4. The van der Waals surface area contributed by atoms with Gasteiger partial charge in [-0.15, -0.1) is 0 Å². The highest BCUT2D eigenvalue weighted by Crippen LogP contribution is 2.35. The van der Waals surface area contributed by atoms with Crippen LogP contribution in [0.15, 0.2) is 22.6 Å². The predicted molar refractivity (Wildman–Crippen MR) is 78.7 cm³/mol. The van der Waals surface area contributed by atoms with E-state index in [9.17, 15) is 18.3 Å². The monoisotopic (exact) mass is 312 g/mol. The first-order valence-electron chi connectivity index (χ1n) is 6.18. The summed E-state index contributed by atoms with van der Waals surface area (Å²) in [5.41, 5.74) is 0.664. The molecule has 0 aliphatic heterocycles. The minimum Gasteiger partial charge on any atom is -0.457 e. The molecule has 2 rings (SSSR count). The number of fused-ring (bicyclic) bond motifs is 1. The second-order valence-corrected chi connectivity index (χ2v) is 6.40. The summed E-state index contributed by atoms with van der Waals surface area (Å²) in [5, 5.41) is 12.5. The summed E-state index contributed by atoms with van der Waals surface area (Å²) in [6, 6.07) is 4.72. The summed E-state index contributed by atoms with van der Waals surface area (Å²) in [4.78, 5) is 12.1. The maximum atomic E-state index is 12.1. The van der Waals surface area contributed by atoms with Gasteiger partial charge in [-0.25, -0.2) is 8.42 Å². The van der Waals surface area contributed by atoms with Gasteiger partial charge in [-0.3, -0.25) is 9.52 Å². The van der Waals surface area contributed by atoms with Crippen LogP contribution < -0.4 is 10.0 Å². The smallest absolute Gasteiger partial charge is 0.255 e. The van der Waals surface area contributed by atoms with Crippen LogP contribution in [0.1, 0.15) is 29.1 Å². The third-order valence-corrected chi connectivity index (χ3v) is 3.46. The Morgan fingerprint density at radius 2 is 2.05 bits per heavy atom. The highest BCUT2D eigenvalue weighted by molar-refractivity contribution is 7.92. The van der Waals surface area contributed by atoms with Crippen molar-refractivity contribution in [2.24, 2.45) is 0 Å². The van der Waals surface area contributed by atoms with Gasteiger partial charge >= 0.3 is 0 Å². The lowest BCUT2D eigenvalue weighted by molar-refractivity contribution is 0.0953. The van der Waals surface area contributed by atoms with Gasteiger partial charge < -0.3 is 14.8 Å². The Balaban J connectivity index is 2.81. The fraction of sp³-hybridized carbons (Fsp3) is 0.308. The van der Waals surface area contributed by atoms with Crippen LogP contribution in [0.25, 0.3) is 11.0 Å². The number of carbonyl (C=O) groups excluding carboxylic acids is 1. The maximum absolute atomic E-state index is 12.1. The molecule has 7 nitrogen and oxygen atoms in total. The summed E-state index contributed by atoms with van der Waals surface area (Å²) >= 11 is 0. The molecule has 1 amide bonds. The first kappa shape index (κ1) is 15.3. The molecule has 0 aliphatic carbocycles. The molecule has 1 heterocycles. The average molecular weight is 312 g/mol. The van der Waals surface area contributed by atoms with Crippen LogP contribution >= 0.6 is 0 Å². The molecule has 114 valence electrons. The Kier molecular flexibility index (Phi) is 3.93. The normalized spacial score (nSPS) is 13.1. The van der Waals surface area contributed by atoms with Crippen LogP contribution in [-0.4, -0.2) is 32.7 Å². The molecule has 1 aromatic heterocycles. The Hall–Kier alpha value is -2.06.